The Labute approximate surface area is 132 Å². The van der Waals surface area contributed by atoms with E-state index >= 15 is 0 Å². The molecule has 2 heterocycles. The largest absolute Gasteiger partial charge is 0.497 e. The van der Waals surface area contributed by atoms with Crippen LogP contribution in [0, 0.1) is 0 Å². The smallest absolute Gasteiger partial charge is 0.119 e. The molecule has 0 aliphatic carbocycles. The van der Waals surface area contributed by atoms with Crippen LogP contribution in [0.15, 0.2) is 42.6 Å². The van der Waals surface area contributed by atoms with Crippen molar-refractivity contribution >= 4 is 0 Å². The molecule has 0 radical (unpaired) electrons. The maximum atomic E-state index is 5.30. The molecule has 0 atom stereocenters. The summed E-state index contributed by atoms with van der Waals surface area (Å²) in [6.45, 7) is 6.58. The molecule has 118 valence electrons. The number of piperazine rings is 1. The molecule has 1 aliphatic rings. The third kappa shape index (κ3) is 3.70. The monoisotopic (exact) mass is 299 g/mol. The molecule has 1 fully saturated rings. The van der Waals surface area contributed by atoms with Crippen molar-refractivity contribution < 1.29 is 4.74 Å². The molecule has 22 heavy (non-hydrogen) atoms. The standard InChI is InChI=1S/C18H25N3O/c1-19-8-4-6-17(19)15-21-11-9-20(10-12-21)14-16-5-3-7-18(13-16)22-2/h3-8,13H,9-12,14-15H2,1-2H3. The van der Waals surface area contributed by atoms with Gasteiger partial charge in [-0.05, 0) is 29.8 Å². The first-order chi connectivity index (χ1) is 10.7. The lowest BCUT2D eigenvalue weighted by atomic mass is 10.2. The van der Waals surface area contributed by atoms with E-state index in [2.05, 4.69) is 57.9 Å². The average Bonchev–Trinajstić information content (AvgIpc) is 2.94. The summed E-state index contributed by atoms with van der Waals surface area (Å²) in [6.07, 6.45) is 2.12. The first-order valence-corrected chi connectivity index (χ1v) is 7.92. The third-order valence-corrected chi connectivity index (χ3v) is 4.44. The van der Waals surface area contributed by atoms with Crippen molar-refractivity contribution in [3.8, 4) is 5.75 Å². The molecular weight excluding hydrogens is 274 g/mol. The number of hydrogen-bond acceptors (Lipinski definition) is 3. The van der Waals surface area contributed by atoms with Crippen LogP contribution in [0.3, 0.4) is 0 Å². The summed E-state index contributed by atoms with van der Waals surface area (Å²) >= 11 is 0. The molecule has 1 aromatic heterocycles. The summed E-state index contributed by atoms with van der Waals surface area (Å²) in [5.74, 6) is 0.944. The molecule has 0 unspecified atom stereocenters. The lowest BCUT2D eigenvalue weighted by molar-refractivity contribution is 0.120. The summed E-state index contributed by atoms with van der Waals surface area (Å²) in [7, 11) is 3.84. The third-order valence-electron chi connectivity index (χ3n) is 4.44. The predicted molar refractivity (Wildman–Crippen MR) is 89.0 cm³/mol. The summed E-state index contributed by atoms with van der Waals surface area (Å²) in [5.41, 5.74) is 2.72. The lowest BCUT2D eigenvalue weighted by Crippen LogP contribution is -2.45. The molecular formula is C18H25N3O. The van der Waals surface area contributed by atoms with Crippen molar-refractivity contribution in [2.45, 2.75) is 13.1 Å². The first-order valence-electron chi connectivity index (χ1n) is 7.92. The molecule has 2 aromatic rings. The minimum Gasteiger partial charge on any atom is -0.497 e. The van der Waals surface area contributed by atoms with Gasteiger partial charge in [-0.2, -0.15) is 0 Å². The van der Waals surface area contributed by atoms with Crippen LogP contribution >= 0.6 is 0 Å². The van der Waals surface area contributed by atoms with E-state index in [-0.39, 0.29) is 0 Å². The number of aromatic nitrogens is 1. The van der Waals surface area contributed by atoms with Gasteiger partial charge in [0.1, 0.15) is 5.75 Å². The van der Waals surface area contributed by atoms with Gasteiger partial charge in [-0.3, -0.25) is 9.80 Å². The normalized spacial score (nSPS) is 16.8. The highest BCUT2D eigenvalue weighted by Crippen LogP contribution is 2.16. The van der Waals surface area contributed by atoms with E-state index in [0.717, 1.165) is 45.0 Å². The molecule has 0 saturated carbocycles. The fourth-order valence-corrected chi connectivity index (χ4v) is 3.02. The van der Waals surface area contributed by atoms with E-state index in [0.29, 0.717) is 0 Å². The summed E-state index contributed by atoms with van der Waals surface area (Å²) in [4.78, 5) is 5.06. The van der Waals surface area contributed by atoms with Crippen molar-refractivity contribution in [1.29, 1.82) is 0 Å². The number of hydrogen-bond donors (Lipinski definition) is 0. The summed E-state index contributed by atoms with van der Waals surface area (Å²) in [5, 5.41) is 0. The minimum atomic E-state index is 0.944. The van der Waals surface area contributed by atoms with Gasteiger partial charge in [-0.15, -0.1) is 0 Å². The van der Waals surface area contributed by atoms with E-state index in [4.69, 9.17) is 4.74 Å². The zero-order chi connectivity index (χ0) is 15.4. The Kier molecular flexibility index (Phi) is 4.80. The van der Waals surface area contributed by atoms with Crippen molar-refractivity contribution in [3.05, 3.63) is 53.9 Å². The highest BCUT2D eigenvalue weighted by atomic mass is 16.5. The van der Waals surface area contributed by atoms with Crippen LogP contribution in [-0.4, -0.2) is 47.7 Å². The highest BCUT2D eigenvalue weighted by Gasteiger charge is 2.17. The zero-order valence-electron chi connectivity index (χ0n) is 13.5. The quantitative estimate of drug-likeness (QED) is 0.845. The van der Waals surface area contributed by atoms with Crippen LogP contribution in [-0.2, 0) is 20.1 Å². The Hall–Kier alpha value is -1.78. The number of benzene rings is 1. The van der Waals surface area contributed by atoms with Crippen molar-refractivity contribution in [3.63, 3.8) is 0 Å². The van der Waals surface area contributed by atoms with Gasteiger partial charge in [0.2, 0.25) is 0 Å². The van der Waals surface area contributed by atoms with E-state index in [1.54, 1.807) is 7.11 Å². The van der Waals surface area contributed by atoms with E-state index < -0.39 is 0 Å². The molecule has 0 N–H and O–H groups in total. The van der Waals surface area contributed by atoms with Crippen molar-refractivity contribution in [2.75, 3.05) is 33.3 Å². The molecule has 1 aliphatic heterocycles. The topological polar surface area (TPSA) is 20.6 Å². The molecule has 1 saturated heterocycles. The number of ether oxygens (including phenoxy) is 1. The number of aryl methyl sites for hydroxylation is 1. The second-order valence-electron chi connectivity index (χ2n) is 6.01. The predicted octanol–water partition coefficient (Wildman–Crippen LogP) is 2.35. The van der Waals surface area contributed by atoms with Crippen molar-refractivity contribution in [2.24, 2.45) is 7.05 Å². The van der Waals surface area contributed by atoms with Gasteiger partial charge < -0.3 is 9.30 Å². The maximum Gasteiger partial charge on any atom is 0.119 e. The zero-order valence-corrected chi connectivity index (χ0v) is 13.5. The van der Waals surface area contributed by atoms with E-state index in [1.807, 2.05) is 6.07 Å². The average molecular weight is 299 g/mol. The van der Waals surface area contributed by atoms with Gasteiger partial charge in [0.15, 0.2) is 0 Å². The highest BCUT2D eigenvalue weighted by molar-refractivity contribution is 5.28. The van der Waals surface area contributed by atoms with E-state index in [1.165, 1.54) is 11.3 Å². The second-order valence-corrected chi connectivity index (χ2v) is 6.01. The van der Waals surface area contributed by atoms with Gasteiger partial charge in [-0.25, -0.2) is 0 Å². The summed E-state index contributed by atoms with van der Waals surface area (Å²) in [6, 6.07) is 12.7. The molecule has 0 amide bonds. The Balaban J connectivity index is 1.50. The molecule has 0 spiro atoms. The van der Waals surface area contributed by atoms with Gasteiger partial charge in [0, 0.05) is 58.2 Å². The van der Waals surface area contributed by atoms with Gasteiger partial charge in [0.25, 0.3) is 0 Å². The number of nitrogens with zero attached hydrogens (tertiary/aromatic N) is 3. The van der Waals surface area contributed by atoms with Gasteiger partial charge >= 0.3 is 0 Å². The minimum absolute atomic E-state index is 0.944. The van der Waals surface area contributed by atoms with Gasteiger partial charge in [0.05, 0.1) is 7.11 Å². The van der Waals surface area contributed by atoms with Crippen LogP contribution in [0.25, 0.3) is 0 Å². The summed E-state index contributed by atoms with van der Waals surface area (Å²) < 4.78 is 7.51. The van der Waals surface area contributed by atoms with Crippen LogP contribution in [0.4, 0.5) is 0 Å². The molecule has 3 rings (SSSR count). The van der Waals surface area contributed by atoms with Crippen LogP contribution in [0.1, 0.15) is 11.3 Å². The lowest BCUT2D eigenvalue weighted by Gasteiger charge is -2.34. The molecule has 1 aromatic carbocycles. The Morgan fingerprint density at radius 1 is 0.955 bits per heavy atom. The van der Waals surface area contributed by atoms with Crippen LogP contribution in [0.5, 0.6) is 5.75 Å². The maximum absolute atomic E-state index is 5.30. The second kappa shape index (κ2) is 6.99. The fraction of sp³-hybridized carbons (Fsp3) is 0.444. The fourth-order valence-electron chi connectivity index (χ4n) is 3.02. The Morgan fingerprint density at radius 2 is 1.68 bits per heavy atom. The first kappa shape index (κ1) is 15.1. The van der Waals surface area contributed by atoms with Crippen molar-refractivity contribution in [1.82, 2.24) is 14.4 Å². The number of methoxy groups -OCH3 is 1. The molecule has 4 nitrogen and oxygen atoms in total. The molecule has 0 bridgehead atoms. The van der Waals surface area contributed by atoms with E-state index in [9.17, 15) is 0 Å². The Morgan fingerprint density at radius 3 is 2.32 bits per heavy atom. The van der Waals surface area contributed by atoms with Crippen LogP contribution < -0.4 is 4.74 Å². The number of rotatable bonds is 5. The Bertz CT molecular complexity index is 600. The van der Waals surface area contributed by atoms with Crippen LogP contribution in [0.2, 0.25) is 0 Å². The molecule has 4 heteroatoms. The van der Waals surface area contributed by atoms with Gasteiger partial charge in [-0.1, -0.05) is 12.1 Å². The SMILES string of the molecule is COc1cccc(CN2CCN(Cc3cccn3C)CC2)c1.